The number of nitrogens with zero attached hydrogens (tertiary/aromatic N) is 1. The number of nitrogens with one attached hydrogen (secondary N) is 1. The average Bonchev–Trinajstić information content (AvgIpc) is 3.14. The topological polar surface area (TPSA) is 111 Å². The lowest BCUT2D eigenvalue weighted by Gasteiger charge is -2.14. The number of carbonyl (C=O) groups is 4. The molecule has 3 rings (SSSR count). The molecule has 9 nitrogen and oxygen atoms in total. The van der Waals surface area contributed by atoms with Gasteiger partial charge in [-0.25, -0.2) is 4.79 Å². The summed E-state index contributed by atoms with van der Waals surface area (Å²) in [5.41, 5.74) is 1.02. The minimum absolute atomic E-state index is 0.100. The molecule has 38 heavy (non-hydrogen) atoms. The third-order valence-electron chi connectivity index (χ3n) is 5.08. The molecule has 1 aliphatic heterocycles. The summed E-state index contributed by atoms with van der Waals surface area (Å²) in [6.45, 7) is 4.14. The summed E-state index contributed by atoms with van der Waals surface area (Å²) in [6.07, 6.45) is 3.06. The predicted molar refractivity (Wildman–Crippen MR) is 155 cm³/mol. The fraction of sp³-hybridized carbons (Fsp3) is 0.308. The van der Waals surface area contributed by atoms with E-state index in [-0.39, 0.29) is 27.8 Å². The summed E-state index contributed by atoms with van der Waals surface area (Å²) < 4.78 is 17.1. The van der Waals surface area contributed by atoms with Crippen molar-refractivity contribution in [2.75, 3.05) is 32.2 Å². The number of esters is 1. The van der Waals surface area contributed by atoms with Crippen LogP contribution in [0.2, 0.25) is 5.02 Å². The lowest BCUT2D eigenvalue weighted by Crippen LogP contribution is -2.36. The number of carbonyl (C=O) groups excluding carboxylic acids is 4. The van der Waals surface area contributed by atoms with E-state index in [4.69, 9.17) is 25.8 Å². The molecule has 202 valence electrons. The highest BCUT2D eigenvalue weighted by atomic mass is 127. The van der Waals surface area contributed by atoms with Gasteiger partial charge in [0.15, 0.2) is 11.5 Å². The number of methoxy groups -OCH3 is 1. The van der Waals surface area contributed by atoms with Crippen LogP contribution in [0.5, 0.6) is 11.5 Å². The largest absolute Gasteiger partial charge is 0.493 e. The van der Waals surface area contributed by atoms with Crippen LogP contribution in [-0.2, 0) is 14.3 Å². The molecule has 0 aliphatic carbocycles. The molecule has 0 aromatic heterocycles. The second kappa shape index (κ2) is 13.9. The van der Waals surface area contributed by atoms with Crippen LogP contribution < -0.4 is 14.8 Å². The molecular formula is C26H26ClIN2O7S. The second-order valence-corrected chi connectivity index (χ2v) is 10.6. The third kappa shape index (κ3) is 7.41. The van der Waals surface area contributed by atoms with Crippen molar-refractivity contribution in [3.8, 4) is 11.5 Å². The average molecular weight is 673 g/mol. The van der Waals surface area contributed by atoms with Crippen molar-refractivity contribution in [2.24, 2.45) is 0 Å². The second-order valence-electron chi connectivity index (χ2n) is 8.03. The van der Waals surface area contributed by atoms with E-state index >= 15 is 0 Å². The number of benzene rings is 2. The van der Waals surface area contributed by atoms with Gasteiger partial charge in [-0.1, -0.05) is 25.4 Å². The Labute approximate surface area is 243 Å². The molecule has 0 saturated carbocycles. The first-order valence-electron chi connectivity index (χ1n) is 11.7. The zero-order valence-corrected chi connectivity index (χ0v) is 24.7. The number of anilines is 1. The van der Waals surface area contributed by atoms with Crippen LogP contribution in [-0.4, -0.2) is 54.8 Å². The number of hydrogen-bond donors (Lipinski definition) is 1. The maximum absolute atomic E-state index is 12.9. The molecule has 1 aliphatic rings. The molecule has 12 heteroatoms. The Hall–Kier alpha value is -2.77. The van der Waals surface area contributed by atoms with E-state index in [1.54, 1.807) is 12.1 Å². The van der Waals surface area contributed by atoms with Crippen molar-refractivity contribution in [3.05, 3.63) is 55.0 Å². The van der Waals surface area contributed by atoms with E-state index in [0.29, 0.717) is 30.1 Å². The van der Waals surface area contributed by atoms with Crippen LogP contribution in [0.3, 0.4) is 0 Å². The standard InChI is InChI=1S/C26H26ClIN2O7S/c1-4-8-36-23-19(28)10-15(11-20(23)35-3)12-21-24(32)30(26(34)38-21)14-22(31)29-16-6-7-18(27)17(13-16)25(33)37-9-5-2/h6-7,10-13H,4-5,8-9,14H2,1-3H3,(H,29,31)/b21-12-. The Bertz CT molecular complexity index is 1280. The predicted octanol–water partition coefficient (Wildman–Crippen LogP) is 5.98. The zero-order chi connectivity index (χ0) is 27.8. The number of thioether (sulfide) groups is 1. The molecule has 0 spiro atoms. The molecule has 0 unspecified atom stereocenters. The Balaban J connectivity index is 1.72. The summed E-state index contributed by atoms with van der Waals surface area (Å²) in [4.78, 5) is 51.4. The number of imide groups is 1. The lowest BCUT2D eigenvalue weighted by molar-refractivity contribution is -0.127. The number of ether oxygens (including phenoxy) is 3. The van der Waals surface area contributed by atoms with Crippen molar-refractivity contribution >= 4 is 80.7 Å². The molecule has 2 aromatic rings. The van der Waals surface area contributed by atoms with Crippen LogP contribution >= 0.6 is 46.0 Å². The van der Waals surface area contributed by atoms with Gasteiger partial charge in [0, 0.05) is 5.69 Å². The molecule has 0 bridgehead atoms. The quantitative estimate of drug-likeness (QED) is 0.176. The van der Waals surface area contributed by atoms with Gasteiger partial charge in [0.2, 0.25) is 5.91 Å². The van der Waals surface area contributed by atoms with Gasteiger partial charge in [-0.3, -0.25) is 19.3 Å². The molecule has 3 amide bonds. The van der Waals surface area contributed by atoms with Crippen LogP contribution in [0.15, 0.2) is 35.2 Å². The van der Waals surface area contributed by atoms with E-state index in [2.05, 4.69) is 27.9 Å². The van der Waals surface area contributed by atoms with Gasteiger partial charge in [-0.05, 0) is 89.2 Å². The monoisotopic (exact) mass is 672 g/mol. The van der Waals surface area contributed by atoms with Gasteiger partial charge in [-0.2, -0.15) is 0 Å². The van der Waals surface area contributed by atoms with Crippen molar-refractivity contribution in [3.63, 3.8) is 0 Å². The maximum atomic E-state index is 12.9. The molecule has 1 fully saturated rings. The highest BCUT2D eigenvalue weighted by Crippen LogP contribution is 2.37. The van der Waals surface area contributed by atoms with E-state index < -0.39 is 29.6 Å². The summed E-state index contributed by atoms with van der Waals surface area (Å²) >= 11 is 8.95. The number of hydrogen-bond acceptors (Lipinski definition) is 8. The van der Waals surface area contributed by atoms with Crippen LogP contribution in [0.4, 0.5) is 10.5 Å². The first kappa shape index (κ1) is 29.8. The Kier molecular flexibility index (Phi) is 10.9. The van der Waals surface area contributed by atoms with Crippen LogP contribution in [0.1, 0.15) is 42.6 Å². The Morgan fingerprint density at radius 1 is 1.13 bits per heavy atom. The number of rotatable bonds is 11. The van der Waals surface area contributed by atoms with Gasteiger partial charge in [0.25, 0.3) is 11.1 Å². The minimum atomic E-state index is -0.614. The molecule has 0 atom stereocenters. The summed E-state index contributed by atoms with van der Waals surface area (Å²) in [5.74, 6) is -0.690. The normalized spacial score (nSPS) is 14.1. The third-order valence-corrected chi connectivity index (χ3v) is 7.12. The Morgan fingerprint density at radius 2 is 1.87 bits per heavy atom. The van der Waals surface area contributed by atoms with Gasteiger partial charge < -0.3 is 19.5 Å². The van der Waals surface area contributed by atoms with Gasteiger partial charge in [0.1, 0.15) is 6.54 Å². The van der Waals surface area contributed by atoms with E-state index in [1.807, 2.05) is 19.9 Å². The van der Waals surface area contributed by atoms with Crippen molar-refractivity contribution in [2.45, 2.75) is 26.7 Å². The Morgan fingerprint density at radius 3 is 2.55 bits per heavy atom. The SMILES string of the molecule is CCCOC(=O)c1cc(NC(=O)CN2C(=O)S/C(=C\c3cc(I)c(OCCC)c(OC)c3)C2=O)ccc1Cl. The van der Waals surface area contributed by atoms with Crippen molar-refractivity contribution in [1.29, 1.82) is 0 Å². The maximum Gasteiger partial charge on any atom is 0.339 e. The smallest absolute Gasteiger partial charge is 0.339 e. The fourth-order valence-electron chi connectivity index (χ4n) is 3.33. The first-order valence-corrected chi connectivity index (χ1v) is 14.0. The first-order chi connectivity index (χ1) is 18.2. The highest BCUT2D eigenvalue weighted by Gasteiger charge is 2.36. The lowest BCUT2D eigenvalue weighted by atomic mass is 10.2. The zero-order valence-electron chi connectivity index (χ0n) is 21.0. The van der Waals surface area contributed by atoms with E-state index in [1.165, 1.54) is 25.3 Å². The van der Waals surface area contributed by atoms with E-state index in [0.717, 1.165) is 26.7 Å². The fourth-order valence-corrected chi connectivity index (χ4v) is 5.15. The van der Waals surface area contributed by atoms with Crippen molar-refractivity contribution < 1.29 is 33.4 Å². The number of amides is 3. The number of halogens is 2. The minimum Gasteiger partial charge on any atom is -0.493 e. The van der Waals surface area contributed by atoms with Crippen LogP contribution in [0, 0.1) is 3.57 Å². The molecule has 2 aromatic carbocycles. The van der Waals surface area contributed by atoms with Gasteiger partial charge >= 0.3 is 5.97 Å². The molecule has 1 N–H and O–H groups in total. The van der Waals surface area contributed by atoms with E-state index in [9.17, 15) is 19.2 Å². The summed E-state index contributed by atoms with van der Waals surface area (Å²) in [6, 6.07) is 7.88. The molecule has 1 saturated heterocycles. The molecular weight excluding hydrogens is 647 g/mol. The van der Waals surface area contributed by atoms with Crippen LogP contribution in [0.25, 0.3) is 6.08 Å². The van der Waals surface area contributed by atoms with Gasteiger partial charge in [0.05, 0.1) is 39.4 Å². The highest BCUT2D eigenvalue weighted by molar-refractivity contribution is 14.1. The molecule has 0 radical (unpaired) electrons. The summed E-state index contributed by atoms with van der Waals surface area (Å²) in [7, 11) is 1.53. The molecule has 1 heterocycles. The van der Waals surface area contributed by atoms with Gasteiger partial charge in [-0.15, -0.1) is 0 Å². The van der Waals surface area contributed by atoms with Crippen molar-refractivity contribution in [1.82, 2.24) is 4.90 Å². The summed E-state index contributed by atoms with van der Waals surface area (Å²) in [5, 5.41) is 2.20.